The highest BCUT2D eigenvalue weighted by Crippen LogP contribution is 2.24. The molecule has 1 fully saturated rings. The van der Waals surface area contributed by atoms with Gasteiger partial charge in [0.1, 0.15) is 5.76 Å². The van der Waals surface area contributed by atoms with Crippen molar-refractivity contribution < 1.29 is 14.3 Å². The van der Waals surface area contributed by atoms with Crippen LogP contribution in [-0.4, -0.2) is 47.8 Å². The molecule has 1 aromatic heterocycles. The van der Waals surface area contributed by atoms with Crippen molar-refractivity contribution in [2.45, 2.75) is 51.1 Å². The van der Waals surface area contributed by atoms with Crippen molar-refractivity contribution in [3.63, 3.8) is 0 Å². The summed E-state index contributed by atoms with van der Waals surface area (Å²) >= 11 is 0. The van der Waals surface area contributed by atoms with E-state index in [4.69, 9.17) is 4.42 Å². The predicted molar refractivity (Wildman–Crippen MR) is 89.2 cm³/mol. The Balaban J connectivity index is 1.91. The maximum Gasteiger partial charge on any atom is 0.315 e. The van der Waals surface area contributed by atoms with Crippen LogP contribution in [0.15, 0.2) is 22.8 Å². The van der Waals surface area contributed by atoms with Gasteiger partial charge in [-0.25, -0.2) is 4.79 Å². The maximum absolute atomic E-state index is 12.2. The van der Waals surface area contributed by atoms with Crippen molar-refractivity contribution in [3.05, 3.63) is 24.2 Å². The zero-order valence-corrected chi connectivity index (χ0v) is 14.2. The minimum Gasteiger partial charge on any atom is -0.468 e. The Morgan fingerprint density at radius 3 is 2.78 bits per heavy atom. The topological polar surface area (TPSA) is 77.7 Å². The van der Waals surface area contributed by atoms with E-state index in [1.165, 1.54) is 12.8 Å². The van der Waals surface area contributed by atoms with Crippen LogP contribution in [0.2, 0.25) is 0 Å². The van der Waals surface area contributed by atoms with E-state index in [9.17, 15) is 9.90 Å². The average Bonchev–Trinajstić information content (AvgIpc) is 3.21. The molecule has 1 aromatic rings. The van der Waals surface area contributed by atoms with Crippen LogP contribution in [0.1, 0.15) is 51.3 Å². The molecule has 2 unspecified atom stereocenters. The summed E-state index contributed by atoms with van der Waals surface area (Å²) < 4.78 is 5.55. The van der Waals surface area contributed by atoms with Crippen molar-refractivity contribution in [2.75, 3.05) is 26.2 Å². The molecule has 0 aromatic carbocycles. The Morgan fingerprint density at radius 1 is 1.48 bits per heavy atom. The van der Waals surface area contributed by atoms with Gasteiger partial charge >= 0.3 is 6.03 Å². The molecular formula is C17H29N3O3. The molecule has 6 nitrogen and oxygen atoms in total. The van der Waals surface area contributed by atoms with Crippen LogP contribution in [0.3, 0.4) is 0 Å². The second-order valence-corrected chi connectivity index (χ2v) is 6.58. The normalized spacial score (nSPS) is 19.3. The predicted octanol–water partition coefficient (Wildman–Crippen LogP) is 2.27. The van der Waals surface area contributed by atoms with E-state index >= 15 is 0 Å². The first-order chi connectivity index (χ1) is 11.1. The van der Waals surface area contributed by atoms with Gasteiger partial charge in [0.2, 0.25) is 0 Å². The number of hydrogen-bond acceptors (Lipinski definition) is 4. The van der Waals surface area contributed by atoms with Gasteiger partial charge in [-0.05, 0) is 51.4 Å². The number of carbonyl (C=O) groups is 1. The highest BCUT2D eigenvalue weighted by molar-refractivity contribution is 5.74. The van der Waals surface area contributed by atoms with E-state index in [2.05, 4.69) is 15.5 Å². The molecule has 2 amide bonds. The molecule has 0 saturated carbocycles. The lowest BCUT2D eigenvalue weighted by Gasteiger charge is -2.30. The van der Waals surface area contributed by atoms with Gasteiger partial charge in [-0.1, -0.05) is 13.3 Å². The van der Waals surface area contributed by atoms with Crippen molar-refractivity contribution in [2.24, 2.45) is 0 Å². The molecule has 0 bridgehead atoms. The molecule has 130 valence electrons. The Morgan fingerprint density at radius 2 is 2.22 bits per heavy atom. The number of urea groups is 1. The van der Waals surface area contributed by atoms with E-state index < -0.39 is 5.54 Å². The molecule has 2 atom stereocenters. The number of carbonyl (C=O) groups excluding carboxylic acids is 1. The fraction of sp³-hybridized carbons (Fsp3) is 0.706. The van der Waals surface area contributed by atoms with Crippen LogP contribution < -0.4 is 10.6 Å². The maximum atomic E-state index is 12.2. The Kier molecular flexibility index (Phi) is 6.47. The number of likely N-dealkylation sites (tertiary alicyclic amines) is 1. The number of aliphatic hydroxyl groups is 1. The van der Waals surface area contributed by atoms with Crippen molar-refractivity contribution in [1.29, 1.82) is 0 Å². The van der Waals surface area contributed by atoms with Gasteiger partial charge in [-0.3, -0.25) is 4.90 Å². The smallest absolute Gasteiger partial charge is 0.315 e. The quantitative estimate of drug-likeness (QED) is 0.686. The number of nitrogens with one attached hydrogen (secondary N) is 2. The number of amides is 2. The van der Waals surface area contributed by atoms with Gasteiger partial charge in [0.15, 0.2) is 0 Å². The van der Waals surface area contributed by atoms with E-state index in [1.807, 2.05) is 26.0 Å². The Hall–Kier alpha value is -1.53. The van der Waals surface area contributed by atoms with Crippen molar-refractivity contribution >= 4 is 6.03 Å². The molecule has 0 spiro atoms. The summed E-state index contributed by atoms with van der Waals surface area (Å²) in [5.74, 6) is 0.880. The second kappa shape index (κ2) is 8.36. The fourth-order valence-electron chi connectivity index (χ4n) is 3.18. The minimum atomic E-state index is -0.577. The van der Waals surface area contributed by atoms with Crippen LogP contribution in [0.25, 0.3) is 0 Å². The van der Waals surface area contributed by atoms with Crippen LogP contribution in [0.4, 0.5) is 4.79 Å². The van der Waals surface area contributed by atoms with Crippen molar-refractivity contribution in [3.8, 4) is 0 Å². The average molecular weight is 323 g/mol. The molecule has 1 aliphatic rings. The molecule has 6 heteroatoms. The lowest BCUT2D eigenvalue weighted by molar-refractivity contribution is 0.160. The van der Waals surface area contributed by atoms with Crippen LogP contribution >= 0.6 is 0 Å². The van der Waals surface area contributed by atoms with Gasteiger partial charge in [-0.2, -0.15) is 0 Å². The Bertz CT molecular complexity index is 471. The first-order valence-electron chi connectivity index (χ1n) is 8.52. The zero-order valence-electron chi connectivity index (χ0n) is 14.2. The molecule has 2 rings (SSSR count). The lowest BCUT2D eigenvalue weighted by Crippen LogP contribution is -2.53. The number of nitrogens with zero attached hydrogens (tertiary/aromatic N) is 1. The number of furan rings is 1. The fourth-order valence-corrected chi connectivity index (χ4v) is 3.18. The van der Waals surface area contributed by atoms with Crippen LogP contribution in [0.5, 0.6) is 0 Å². The Labute approximate surface area is 138 Å². The summed E-state index contributed by atoms with van der Waals surface area (Å²) in [6, 6.07) is 3.65. The first kappa shape index (κ1) is 17.8. The molecule has 2 heterocycles. The number of hydrogen-bond donors (Lipinski definition) is 3. The van der Waals surface area contributed by atoms with Gasteiger partial charge in [0, 0.05) is 6.54 Å². The summed E-state index contributed by atoms with van der Waals surface area (Å²) in [4.78, 5) is 14.5. The third-order valence-corrected chi connectivity index (χ3v) is 4.48. The molecular weight excluding hydrogens is 294 g/mol. The molecule has 23 heavy (non-hydrogen) atoms. The van der Waals surface area contributed by atoms with Crippen LogP contribution in [0, 0.1) is 0 Å². The van der Waals surface area contributed by atoms with E-state index in [0.717, 1.165) is 31.7 Å². The summed E-state index contributed by atoms with van der Waals surface area (Å²) in [5.41, 5.74) is -0.577. The minimum absolute atomic E-state index is 0.0600. The summed E-state index contributed by atoms with van der Waals surface area (Å²) in [6.45, 7) is 6.38. The first-order valence-corrected chi connectivity index (χ1v) is 8.52. The highest BCUT2D eigenvalue weighted by Gasteiger charge is 2.28. The largest absolute Gasteiger partial charge is 0.468 e. The molecule has 3 N–H and O–H groups in total. The second-order valence-electron chi connectivity index (χ2n) is 6.58. The molecule has 0 radical (unpaired) electrons. The lowest BCUT2D eigenvalue weighted by atomic mass is 9.98. The third kappa shape index (κ3) is 4.97. The van der Waals surface area contributed by atoms with E-state index in [1.54, 1.807) is 6.26 Å². The molecule has 0 aliphatic carbocycles. The SMILES string of the molecule is CCCC(C)(CO)NC(=O)NCC(c1ccco1)N1CCCC1. The monoisotopic (exact) mass is 323 g/mol. The summed E-state index contributed by atoms with van der Waals surface area (Å²) in [7, 11) is 0. The number of rotatable bonds is 8. The molecule has 1 aliphatic heterocycles. The van der Waals surface area contributed by atoms with Gasteiger partial charge < -0.3 is 20.2 Å². The van der Waals surface area contributed by atoms with Gasteiger partial charge in [0.25, 0.3) is 0 Å². The highest BCUT2D eigenvalue weighted by atomic mass is 16.3. The third-order valence-electron chi connectivity index (χ3n) is 4.48. The summed E-state index contributed by atoms with van der Waals surface area (Å²) in [6.07, 6.45) is 5.68. The van der Waals surface area contributed by atoms with E-state index in [-0.39, 0.29) is 18.7 Å². The summed E-state index contributed by atoms with van der Waals surface area (Å²) in [5, 5.41) is 15.3. The van der Waals surface area contributed by atoms with Crippen LogP contribution in [-0.2, 0) is 0 Å². The van der Waals surface area contributed by atoms with Gasteiger partial charge in [-0.15, -0.1) is 0 Å². The number of aliphatic hydroxyl groups excluding tert-OH is 1. The zero-order chi connectivity index (χ0) is 16.7. The van der Waals surface area contributed by atoms with Crippen molar-refractivity contribution in [1.82, 2.24) is 15.5 Å². The van der Waals surface area contributed by atoms with E-state index in [0.29, 0.717) is 6.54 Å². The standard InChI is InChI=1S/C17H29N3O3/c1-3-8-17(2,13-21)19-16(22)18-12-14(15-7-6-11-23-15)20-9-4-5-10-20/h6-7,11,14,21H,3-5,8-10,12-13H2,1-2H3,(H2,18,19,22). The molecule has 1 saturated heterocycles. The van der Waals surface area contributed by atoms with Gasteiger partial charge in [0.05, 0.1) is 24.5 Å².